The van der Waals surface area contributed by atoms with Crippen LogP contribution in [0.1, 0.15) is 37.3 Å². The fourth-order valence-electron chi connectivity index (χ4n) is 3.25. The number of methoxy groups -OCH3 is 1. The topological polar surface area (TPSA) is 67.9 Å². The van der Waals surface area contributed by atoms with Crippen LogP contribution in [0.3, 0.4) is 0 Å². The molecule has 0 fully saturated rings. The molecule has 0 saturated heterocycles. The van der Waals surface area contributed by atoms with Crippen molar-refractivity contribution >= 4 is 11.8 Å². The highest BCUT2D eigenvalue weighted by atomic mass is 16.5. The van der Waals surface area contributed by atoms with Gasteiger partial charge < -0.3 is 19.7 Å². The van der Waals surface area contributed by atoms with Crippen molar-refractivity contribution in [1.82, 2.24) is 10.2 Å². The minimum Gasteiger partial charge on any atom is -0.497 e. The second-order valence-corrected chi connectivity index (χ2v) is 7.18. The van der Waals surface area contributed by atoms with E-state index in [1.807, 2.05) is 62.4 Å². The molecule has 162 valence electrons. The first kappa shape index (κ1) is 23.3. The second kappa shape index (κ2) is 11.9. The summed E-state index contributed by atoms with van der Waals surface area (Å²) < 4.78 is 11.0. The molecule has 6 nitrogen and oxygen atoms in total. The van der Waals surface area contributed by atoms with Crippen LogP contribution < -0.4 is 14.8 Å². The van der Waals surface area contributed by atoms with E-state index in [1.54, 1.807) is 19.1 Å². The van der Waals surface area contributed by atoms with E-state index in [0.29, 0.717) is 32.4 Å². The number of nitrogens with zero attached hydrogens (tertiary/aromatic N) is 1. The number of carbonyl (C=O) groups excluding carboxylic acids is 2. The predicted molar refractivity (Wildman–Crippen MR) is 118 cm³/mol. The molecule has 2 amide bonds. The Hall–Kier alpha value is -3.02. The highest BCUT2D eigenvalue weighted by molar-refractivity contribution is 5.87. The molecule has 1 N–H and O–H groups in total. The van der Waals surface area contributed by atoms with E-state index < -0.39 is 6.04 Å². The predicted octanol–water partition coefficient (Wildman–Crippen LogP) is 3.72. The molecule has 0 aliphatic heterocycles. The number of carbonyl (C=O) groups is 2. The largest absolute Gasteiger partial charge is 0.497 e. The van der Waals surface area contributed by atoms with Gasteiger partial charge in [0.25, 0.3) is 0 Å². The van der Waals surface area contributed by atoms with Gasteiger partial charge in [-0.05, 0) is 49.6 Å². The molecule has 0 aliphatic carbocycles. The van der Waals surface area contributed by atoms with Gasteiger partial charge in [-0.3, -0.25) is 9.59 Å². The number of ether oxygens (including phenoxy) is 2. The van der Waals surface area contributed by atoms with Gasteiger partial charge in [-0.25, -0.2) is 0 Å². The Morgan fingerprint density at radius 3 is 2.47 bits per heavy atom. The Kier molecular flexibility index (Phi) is 9.19. The standard InChI is InChI=1S/C24H32N2O4/c1-5-22(24(28)25-3)26(17-19-8-6-9-21(16-19)29-4)23(27)10-7-15-30-20-13-11-18(2)12-14-20/h6,8-9,11-14,16,22H,5,7,10,15,17H2,1-4H3,(H,25,28)/t22-/m1/s1. The van der Waals surface area contributed by atoms with Gasteiger partial charge >= 0.3 is 0 Å². The van der Waals surface area contributed by atoms with Crippen LogP contribution in [-0.2, 0) is 16.1 Å². The molecule has 1 atom stereocenters. The van der Waals surface area contributed by atoms with E-state index in [2.05, 4.69) is 5.32 Å². The summed E-state index contributed by atoms with van der Waals surface area (Å²) in [6.07, 6.45) is 1.42. The van der Waals surface area contributed by atoms with Gasteiger partial charge in [0.05, 0.1) is 13.7 Å². The smallest absolute Gasteiger partial charge is 0.242 e. The molecule has 0 saturated carbocycles. The molecule has 0 bridgehead atoms. The van der Waals surface area contributed by atoms with Crippen molar-refractivity contribution in [3.8, 4) is 11.5 Å². The zero-order chi connectivity index (χ0) is 21.9. The van der Waals surface area contributed by atoms with Crippen LogP contribution in [0, 0.1) is 6.92 Å². The lowest BCUT2D eigenvalue weighted by Crippen LogP contribution is -2.48. The first-order valence-corrected chi connectivity index (χ1v) is 10.3. The second-order valence-electron chi connectivity index (χ2n) is 7.18. The van der Waals surface area contributed by atoms with Crippen molar-refractivity contribution in [1.29, 1.82) is 0 Å². The van der Waals surface area contributed by atoms with Crippen LogP contribution in [0.2, 0.25) is 0 Å². The van der Waals surface area contributed by atoms with Crippen LogP contribution in [0.5, 0.6) is 11.5 Å². The summed E-state index contributed by atoms with van der Waals surface area (Å²) in [5.41, 5.74) is 2.09. The molecule has 0 unspecified atom stereocenters. The van der Waals surface area contributed by atoms with Crippen molar-refractivity contribution in [2.45, 2.75) is 45.7 Å². The molecule has 6 heteroatoms. The first-order valence-electron chi connectivity index (χ1n) is 10.3. The van der Waals surface area contributed by atoms with Gasteiger partial charge in [0.15, 0.2) is 0 Å². The van der Waals surface area contributed by atoms with E-state index in [4.69, 9.17) is 9.47 Å². The zero-order valence-electron chi connectivity index (χ0n) is 18.3. The van der Waals surface area contributed by atoms with Gasteiger partial charge in [0.1, 0.15) is 17.5 Å². The molecular formula is C24H32N2O4. The Bertz CT molecular complexity index is 820. The van der Waals surface area contributed by atoms with Gasteiger partial charge in [-0.2, -0.15) is 0 Å². The minimum atomic E-state index is -0.522. The summed E-state index contributed by atoms with van der Waals surface area (Å²) in [6, 6.07) is 14.9. The molecule has 0 spiro atoms. The minimum absolute atomic E-state index is 0.0687. The van der Waals surface area contributed by atoms with Crippen molar-refractivity contribution < 1.29 is 19.1 Å². The third-order valence-electron chi connectivity index (χ3n) is 4.94. The van der Waals surface area contributed by atoms with E-state index in [0.717, 1.165) is 17.1 Å². The lowest BCUT2D eigenvalue weighted by atomic mass is 10.1. The number of hydrogen-bond donors (Lipinski definition) is 1. The normalized spacial score (nSPS) is 11.5. The van der Waals surface area contributed by atoms with Gasteiger partial charge in [-0.15, -0.1) is 0 Å². The lowest BCUT2D eigenvalue weighted by Gasteiger charge is -2.30. The molecule has 0 aromatic heterocycles. The van der Waals surface area contributed by atoms with Crippen LogP contribution in [0.4, 0.5) is 0 Å². The molecule has 0 radical (unpaired) electrons. The maximum atomic E-state index is 13.0. The average Bonchev–Trinajstić information content (AvgIpc) is 2.77. The summed E-state index contributed by atoms with van der Waals surface area (Å²) in [5.74, 6) is 1.28. The highest BCUT2D eigenvalue weighted by Gasteiger charge is 2.27. The maximum Gasteiger partial charge on any atom is 0.242 e. The lowest BCUT2D eigenvalue weighted by molar-refractivity contribution is -0.141. The van der Waals surface area contributed by atoms with Crippen LogP contribution in [-0.4, -0.2) is 43.5 Å². The number of amides is 2. The fraction of sp³-hybridized carbons (Fsp3) is 0.417. The Balaban J connectivity index is 2.03. The number of rotatable bonds is 11. The van der Waals surface area contributed by atoms with Gasteiger partial charge in [0.2, 0.25) is 11.8 Å². The fourth-order valence-corrected chi connectivity index (χ4v) is 3.25. The van der Waals surface area contributed by atoms with Crippen molar-refractivity contribution in [2.75, 3.05) is 20.8 Å². The molecular weight excluding hydrogens is 380 g/mol. The molecule has 0 heterocycles. The highest BCUT2D eigenvalue weighted by Crippen LogP contribution is 2.18. The Labute approximate surface area is 179 Å². The molecule has 30 heavy (non-hydrogen) atoms. The summed E-state index contributed by atoms with van der Waals surface area (Å²) in [4.78, 5) is 27.1. The van der Waals surface area contributed by atoms with Crippen molar-refractivity contribution in [2.24, 2.45) is 0 Å². The van der Waals surface area contributed by atoms with E-state index in [9.17, 15) is 9.59 Å². The number of likely N-dealkylation sites (N-methyl/N-ethyl adjacent to an activating group) is 1. The number of aryl methyl sites for hydroxylation is 1. The van der Waals surface area contributed by atoms with Crippen LogP contribution in [0.25, 0.3) is 0 Å². The van der Waals surface area contributed by atoms with Crippen LogP contribution >= 0.6 is 0 Å². The van der Waals surface area contributed by atoms with Crippen LogP contribution in [0.15, 0.2) is 48.5 Å². The summed E-state index contributed by atoms with van der Waals surface area (Å²) >= 11 is 0. The SMILES string of the molecule is CC[C@H](C(=O)NC)N(Cc1cccc(OC)c1)C(=O)CCCOc1ccc(C)cc1. The summed E-state index contributed by atoms with van der Waals surface area (Å²) in [7, 11) is 3.20. The number of nitrogens with one attached hydrogen (secondary N) is 1. The zero-order valence-corrected chi connectivity index (χ0v) is 18.3. The summed E-state index contributed by atoms with van der Waals surface area (Å²) in [6.45, 7) is 4.72. The molecule has 2 aromatic rings. The first-order chi connectivity index (χ1) is 14.5. The molecule has 2 rings (SSSR count). The quantitative estimate of drug-likeness (QED) is 0.571. The Morgan fingerprint density at radius 1 is 1.10 bits per heavy atom. The molecule has 2 aromatic carbocycles. The van der Waals surface area contributed by atoms with Gasteiger partial charge in [-0.1, -0.05) is 36.8 Å². The third-order valence-corrected chi connectivity index (χ3v) is 4.94. The molecule has 0 aliphatic rings. The average molecular weight is 413 g/mol. The van der Waals surface area contributed by atoms with Crippen molar-refractivity contribution in [3.05, 3.63) is 59.7 Å². The van der Waals surface area contributed by atoms with E-state index in [-0.39, 0.29) is 11.8 Å². The van der Waals surface area contributed by atoms with Gasteiger partial charge in [0, 0.05) is 20.0 Å². The number of hydrogen-bond acceptors (Lipinski definition) is 4. The van der Waals surface area contributed by atoms with Crippen molar-refractivity contribution in [3.63, 3.8) is 0 Å². The van der Waals surface area contributed by atoms with E-state index >= 15 is 0 Å². The Morgan fingerprint density at radius 2 is 1.83 bits per heavy atom. The van der Waals surface area contributed by atoms with E-state index in [1.165, 1.54) is 5.56 Å². The summed E-state index contributed by atoms with van der Waals surface area (Å²) in [5, 5.41) is 2.67. The maximum absolute atomic E-state index is 13.0. The number of benzene rings is 2. The monoisotopic (exact) mass is 412 g/mol. The third kappa shape index (κ3) is 6.79.